The summed E-state index contributed by atoms with van der Waals surface area (Å²) in [5.41, 5.74) is 0.750. The van der Waals surface area contributed by atoms with Crippen LogP contribution < -0.4 is 15.0 Å². The van der Waals surface area contributed by atoms with E-state index in [1.807, 2.05) is 29.2 Å². The van der Waals surface area contributed by atoms with Crippen molar-refractivity contribution in [3.63, 3.8) is 0 Å². The first-order chi connectivity index (χ1) is 12.6. The molecule has 2 aliphatic heterocycles. The van der Waals surface area contributed by atoms with Crippen LogP contribution in [0.25, 0.3) is 0 Å². The van der Waals surface area contributed by atoms with Crippen molar-refractivity contribution < 1.29 is 14.3 Å². The van der Waals surface area contributed by atoms with Gasteiger partial charge in [0.25, 0.3) is 0 Å². The van der Waals surface area contributed by atoms with Crippen molar-refractivity contribution in [2.24, 2.45) is 11.8 Å². The van der Waals surface area contributed by atoms with E-state index < -0.39 is 0 Å². The van der Waals surface area contributed by atoms with Gasteiger partial charge in [0.15, 0.2) is 0 Å². The molecule has 1 aromatic rings. The molecule has 150 valence electrons. The Bertz CT molecular complexity index is 647. The van der Waals surface area contributed by atoms with Gasteiger partial charge in [0.1, 0.15) is 5.75 Å². The van der Waals surface area contributed by atoms with E-state index in [0.29, 0.717) is 18.2 Å². The average molecular weight is 396 g/mol. The largest absolute Gasteiger partial charge is 0.495 e. The molecular weight excluding hydrogens is 366 g/mol. The lowest BCUT2D eigenvalue weighted by Gasteiger charge is -2.33. The minimum Gasteiger partial charge on any atom is -0.495 e. The van der Waals surface area contributed by atoms with Gasteiger partial charge >= 0.3 is 0 Å². The SMILES string of the molecule is CCNCC1CCN(C(=O)C2CC(=O)N(c3ccccc3OC)C2)CC1.Cl. The number of anilines is 1. The fraction of sp³-hybridized carbons (Fsp3) is 0.600. The monoisotopic (exact) mass is 395 g/mol. The quantitative estimate of drug-likeness (QED) is 0.803. The number of halogens is 1. The van der Waals surface area contributed by atoms with E-state index in [0.717, 1.165) is 44.7 Å². The molecule has 2 aliphatic rings. The summed E-state index contributed by atoms with van der Waals surface area (Å²) in [7, 11) is 1.60. The molecule has 2 fully saturated rings. The Kier molecular flexibility index (Phi) is 7.92. The molecule has 0 bridgehead atoms. The van der Waals surface area contributed by atoms with Crippen molar-refractivity contribution in [2.75, 3.05) is 44.7 Å². The molecule has 0 aromatic heterocycles. The number of piperidine rings is 1. The molecule has 1 unspecified atom stereocenters. The smallest absolute Gasteiger partial charge is 0.228 e. The fourth-order valence-electron chi connectivity index (χ4n) is 3.92. The third-order valence-electron chi connectivity index (χ3n) is 5.46. The lowest BCUT2D eigenvalue weighted by atomic mass is 9.95. The average Bonchev–Trinajstić information content (AvgIpc) is 3.07. The maximum atomic E-state index is 12.9. The van der Waals surface area contributed by atoms with E-state index in [9.17, 15) is 9.59 Å². The van der Waals surface area contributed by atoms with E-state index in [-0.39, 0.29) is 36.6 Å². The molecule has 6 nitrogen and oxygen atoms in total. The molecule has 1 aromatic carbocycles. The van der Waals surface area contributed by atoms with Crippen LogP contribution in [-0.4, -0.2) is 56.5 Å². The molecule has 1 N–H and O–H groups in total. The van der Waals surface area contributed by atoms with Crippen LogP contribution in [0.5, 0.6) is 5.75 Å². The number of hydrogen-bond acceptors (Lipinski definition) is 4. The summed E-state index contributed by atoms with van der Waals surface area (Å²) in [6, 6.07) is 7.47. The zero-order valence-corrected chi connectivity index (χ0v) is 17.0. The number of nitrogens with one attached hydrogen (secondary N) is 1. The Morgan fingerprint density at radius 3 is 2.63 bits per heavy atom. The van der Waals surface area contributed by atoms with Gasteiger partial charge in [0.05, 0.1) is 18.7 Å². The predicted molar refractivity (Wildman–Crippen MR) is 109 cm³/mol. The number of rotatable bonds is 6. The van der Waals surface area contributed by atoms with Crippen molar-refractivity contribution in [1.82, 2.24) is 10.2 Å². The molecule has 0 saturated carbocycles. The lowest BCUT2D eigenvalue weighted by molar-refractivity contribution is -0.137. The van der Waals surface area contributed by atoms with Crippen LogP contribution in [0.2, 0.25) is 0 Å². The lowest BCUT2D eigenvalue weighted by Crippen LogP contribution is -2.44. The van der Waals surface area contributed by atoms with Crippen molar-refractivity contribution in [3.8, 4) is 5.75 Å². The van der Waals surface area contributed by atoms with Crippen LogP contribution in [0.15, 0.2) is 24.3 Å². The highest BCUT2D eigenvalue weighted by atomic mass is 35.5. The van der Waals surface area contributed by atoms with E-state index in [4.69, 9.17) is 4.74 Å². The van der Waals surface area contributed by atoms with E-state index >= 15 is 0 Å². The zero-order valence-electron chi connectivity index (χ0n) is 16.1. The van der Waals surface area contributed by atoms with Gasteiger partial charge in [0, 0.05) is 26.1 Å². The fourth-order valence-corrected chi connectivity index (χ4v) is 3.92. The van der Waals surface area contributed by atoms with E-state index in [1.165, 1.54) is 0 Å². The van der Waals surface area contributed by atoms with Crippen molar-refractivity contribution in [1.29, 1.82) is 0 Å². The number of amides is 2. The van der Waals surface area contributed by atoms with E-state index in [2.05, 4.69) is 12.2 Å². The summed E-state index contributed by atoms with van der Waals surface area (Å²) >= 11 is 0. The number of benzene rings is 1. The molecule has 0 aliphatic carbocycles. The van der Waals surface area contributed by atoms with Gasteiger partial charge in [-0.3, -0.25) is 9.59 Å². The molecule has 27 heavy (non-hydrogen) atoms. The van der Waals surface area contributed by atoms with Crippen molar-refractivity contribution >= 4 is 29.9 Å². The van der Waals surface area contributed by atoms with Crippen molar-refractivity contribution in [2.45, 2.75) is 26.2 Å². The Morgan fingerprint density at radius 2 is 1.96 bits per heavy atom. The van der Waals surface area contributed by atoms with Crippen molar-refractivity contribution in [3.05, 3.63) is 24.3 Å². The first-order valence-electron chi connectivity index (χ1n) is 9.57. The maximum Gasteiger partial charge on any atom is 0.228 e. The number of carbonyl (C=O) groups excluding carboxylic acids is 2. The van der Waals surface area contributed by atoms with Gasteiger partial charge in [-0.25, -0.2) is 0 Å². The molecule has 2 amide bonds. The van der Waals surface area contributed by atoms with Crippen LogP contribution in [0.4, 0.5) is 5.69 Å². The number of methoxy groups -OCH3 is 1. The van der Waals surface area contributed by atoms with Gasteiger partial charge in [-0.1, -0.05) is 19.1 Å². The normalized spacial score (nSPS) is 20.5. The van der Waals surface area contributed by atoms with Crippen LogP contribution in [0, 0.1) is 11.8 Å². The number of likely N-dealkylation sites (tertiary alicyclic amines) is 1. The molecule has 7 heteroatoms. The van der Waals surface area contributed by atoms with Gasteiger partial charge in [-0.05, 0) is 44.0 Å². The first kappa shape index (κ1) is 21.5. The molecule has 3 rings (SSSR count). The number of hydrogen-bond donors (Lipinski definition) is 1. The molecule has 0 spiro atoms. The van der Waals surface area contributed by atoms with Crippen LogP contribution in [0.3, 0.4) is 0 Å². The molecular formula is C20H30ClN3O3. The molecule has 0 radical (unpaired) electrons. The van der Waals surface area contributed by atoms with Crippen LogP contribution >= 0.6 is 12.4 Å². The van der Waals surface area contributed by atoms with Gasteiger partial charge < -0.3 is 19.9 Å². The topological polar surface area (TPSA) is 61.9 Å². The number of ether oxygens (including phenoxy) is 1. The van der Waals surface area contributed by atoms with Gasteiger partial charge in [-0.2, -0.15) is 0 Å². The standard InChI is InChI=1S/C20H29N3O3.ClH/c1-3-21-13-15-8-10-22(11-9-15)20(25)16-12-19(24)23(14-16)17-6-4-5-7-18(17)26-2;/h4-7,15-16,21H,3,8-14H2,1-2H3;1H. The third-order valence-corrected chi connectivity index (χ3v) is 5.46. The summed E-state index contributed by atoms with van der Waals surface area (Å²) in [6.45, 7) is 6.17. The van der Waals surface area contributed by atoms with E-state index in [1.54, 1.807) is 12.0 Å². The van der Waals surface area contributed by atoms with Crippen LogP contribution in [0.1, 0.15) is 26.2 Å². The van der Waals surface area contributed by atoms with Gasteiger partial charge in [-0.15, -0.1) is 12.4 Å². The Morgan fingerprint density at radius 1 is 1.26 bits per heavy atom. The zero-order chi connectivity index (χ0) is 18.5. The predicted octanol–water partition coefficient (Wildman–Crippen LogP) is 2.32. The molecule has 1 atom stereocenters. The first-order valence-corrected chi connectivity index (χ1v) is 9.57. The molecule has 2 saturated heterocycles. The summed E-state index contributed by atoms with van der Waals surface area (Å²) < 4.78 is 5.37. The number of carbonyl (C=O) groups is 2. The summed E-state index contributed by atoms with van der Waals surface area (Å²) in [6.07, 6.45) is 2.36. The minimum atomic E-state index is -0.252. The summed E-state index contributed by atoms with van der Waals surface area (Å²) in [5, 5.41) is 3.39. The number of para-hydroxylation sites is 2. The summed E-state index contributed by atoms with van der Waals surface area (Å²) in [4.78, 5) is 29.0. The number of nitrogens with zero attached hydrogens (tertiary/aromatic N) is 2. The Balaban J connectivity index is 0.00000261. The second kappa shape index (κ2) is 9.95. The highest BCUT2D eigenvalue weighted by Gasteiger charge is 2.38. The highest BCUT2D eigenvalue weighted by molar-refractivity contribution is 6.01. The van der Waals surface area contributed by atoms with Crippen LogP contribution in [-0.2, 0) is 9.59 Å². The third kappa shape index (κ3) is 4.93. The summed E-state index contributed by atoms with van der Waals surface area (Å²) in [5.74, 6) is 1.18. The maximum absolute atomic E-state index is 12.9. The second-order valence-electron chi connectivity index (χ2n) is 7.15. The second-order valence-corrected chi connectivity index (χ2v) is 7.15. The minimum absolute atomic E-state index is 0. The molecule has 2 heterocycles. The van der Waals surface area contributed by atoms with Gasteiger partial charge in [0.2, 0.25) is 11.8 Å². The Hall–Kier alpha value is -1.79. The Labute approximate surface area is 167 Å². The highest BCUT2D eigenvalue weighted by Crippen LogP contribution is 2.33.